The van der Waals surface area contributed by atoms with Crippen LogP contribution in [0, 0.1) is 5.92 Å². The van der Waals surface area contributed by atoms with Crippen molar-refractivity contribution in [3.05, 3.63) is 0 Å². The second-order valence-corrected chi connectivity index (χ2v) is 7.21. The third-order valence-electron chi connectivity index (χ3n) is 4.39. The van der Waals surface area contributed by atoms with Gasteiger partial charge in [-0.25, -0.2) is 4.79 Å². The minimum atomic E-state index is -0.245. The van der Waals surface area contributed by atoms with Gasteiger partial charge in [0.2, 0.25) is 5.91 Å². The maximum Gasteiger partial charge on any atom is 0.409 e. The largest absolute Gasteiger partial charge is 0.453 e. The molecule has 2 amide bonds. The number of nitrogens with zero attached hydrogens (tertiary/aromatic N) is 1. The van der Waals surface area contributed by atoms with E-state index in [4.69, 9.17) is 4.74 Å². The van der Waals surface area contributed by atoms with Crippen molar-refractivity contribution in [2.45, 2.75) is 43.8 Å². The predicted molar refractivity (Wildman–Crippen MR) is 84.4 cm³/mol. The number of carbonyl (C=O) groups excluding carboxylic acids is 2. The van der Waals surface area contributed by atoms with Gasteiger partial charge in [-0.1, -0.05) is 12.8 Å². The molecule has 2 fully saturated rings. The van der Waals surface area contributed by atoms with E-state index in [0.717, 1.165) is 32.5 Å². The topological polar surface area (TPSA) is 58.6 Å². The normalized spacial score (nSPS) is 20.5. The third-order valence-corrected chi connectivity index (χ3v) is 5.76. The van der Waals surface area contributed by atoms with Gasteiger partial charge in [0.25, 0.3) is 0 Å². The number of nitrogens with one attached hydrogen (secondary N) is 1. The van der Waals surface area contributed by atoms with Gasteiger partial charge in [0.15, 0.2) is 0 Å². The fourth-order valence-corrected chi connectivity index (χ4v) is 4.16. The molecular formula is C15H26N2O3S. The van der Waals surface area contributed by atoms with E-state index >= 15 is 0 Å². The molecule has 2 rings (SSSR count). The number of thioether (sulfide) groups is 1. The number of likely N-dealkylation sites (tertiary alicyclic amines) is 1. The second kappa shape index (κ2) is 8.51. The van der Waals surface area contributed by atoms with Gasteiger partial charge in [-0.05, 0) is 31.6 Å². The van der Waals surface area contributed by atoms with Crippen molar-refractivity contribution < 1.29 is 14.3 Å². The van der Waals surface area contributed by atoms with Crippen LogP contribution in [0.25, 0.3) is 0 Å². The lowest BCUT2D eigenvalue weighted by molar-refractivity contribution is -0.118. The Morgan fingerprint density at radius 1 is 1.19 bits per heavy atom. The molecule has 0 aromatic carbocycles. The lowest BCUT2D eigenvalue weighted by Gasteiger charge is -2.30. The first-order valence-corrected chi connectivity index (χ1v) is 8.95. The Labute approximate surface area is 131 Å². The van der Waals surface area contributed by atoms with Crippen LogP contribution in [0.1, 0.15) is 38.5 Å². The summed E-state index contributed by atoms with van der Waals surface area (Å²) in [7, 11) is 1.41. The molecular weight excluding hydrogens is 288 g/mol. The molecule has 1 aliphatic heterocycles. The summed E-state index contributed by atoms with van der Waals surface area (Å²) >= 11 is 1.80. The van der Waals surface area contributed by atoms with E-state index in [1.165, 1.54) is 32.8 Å². The van der Waals surface area contributed by atoms with Crippen LogP contribution in [0.4, 0.5) is 4.79 Å². The van der Waals surface area contributed by atoms with Gasteiger partial charge in [-0.2, -0.15) is 0 Å². The Kier molecular flexibility index (Phi) is 6.67. The standard InChI is InChI=1S/C15H26N2O3S/c1-20-15(19)17-8-6-12(7-9-17)10-16-14(18)11-21-13-4-2-3-5-13/h12-13H,2-11H2,1H3,(H,16,18). The van der Waals surface area contributed by atoms with Gasteiger partial charge in [0.05, 0.1) is 12.9 Å². The molecule has 1 N–H and O–H groups in total. The van der Waals surface area contributed by atoms with E-state index in [0.29, 0.717) is 16.9 Å². The maximum absolute atomic E-state index is 11.8. The van der Waals surface area contributed by atoms with E-state index in [1.54, 1.807) is 16.7 Å². The molecule has 1 saturated heterocycles. The first-order chi connectivity index (χ1) is 10.2. The highest BCUT2D eigenvalue weighted by atomic mass is 32.2. The first kappa shape index (κ1) is 16.5. The molecule has 0 bridgehead atoms. The zero-order valence-corrected chi connectivity index (χ0v) is 13.6. The van der Waals surface area contributed by atoms with Crippen LogP contribution in [-0.2, 0) is 9.53 Å². The van der Waals surface area contributed by atoms with Crippen molar-refractivity contribution in [3.8, 4) is 0 Å². The van der Waals surface area contributed by atoms with E-state index in [-0.39, 0.29) is 12.0 Å². The quantitative estimate of drug-likeness (QED) is 0.845. The summed E-state index contributed by atoms with van der Waals surface area (Å²) in [5.74, 6) is 1.22. The Balaban J connectivity index is 1.56. The second-order valence-electron chi connectivity index (χ2n) is 5.92. The molecule has 21 heavy (non-hydrogen) atoms. The molecule has 0 aromatic rings. The third kappa shape index (κ3) is 5.41. The van der Waals surface area contributed by atoms with Crippen molar-refractivity contribution in [2.75, 3.05) is 32.5 Å². The molecule has 1 heterocycles. The lowest BCUT2D eigenvalue weighted by atomic mass is 9.97. The summed E-state index contributed by atoms with van der Waals surface area (Å²) in [5, 5.41) is 3.73. The monoisotopic (exact) mass is 314 g/mol. The maximum atomic E-state index is 11.8. The Morgan fingerprint density at radius 3 is 2.48 bits per heavy atom. The Morgan fingerprint density at radius 2 is 1.86 bits per heavy atom. The number of piperidine rings is 1. The van der Waals surface area contributed by atoms with Crippen molar-refractivity contribution in [1.29, 1.82) is 0 Å². The molecule has 1 aliphatic carbocycles. The van der Waals surface area contributed by atoms with E-state index < -0.39 is 0 Å². The van der Waals surface area contributed by atoms with Gasteiger partial charge < -0.3 is 15.0 Å². The lowest BCUT2D eigenvalue weighted by Crippen LogP contribution is -2.41. The number of carbonyl (C=O) groups is 2. The zero-order chi connectivity index (χ0) is 15.1. The van der Waals surface area contributed by atoms with Crippen LogP contribution in [0.5, 0.6) is 0 Å². The number of rotatable bonds is 5. The molecule has 5 nitrogen and oxygen atoms in total. The molecule has 6 heteroatoms. The minimum Gasteiger partial charge on any atom is -0.453 e. The van der Waals surface area contributed by atoms with Crippen LogP contribution in [0.3, 0.4) is 0 Å². The molecule has 0 unspecified atom stereocenters. The van der Waals surface area contributed by atoms with Crippen LogP contribution in [-0.4, -0.2) is 54.6 Å². The smallest absolute Gasteiger partial charge is 0.409 e. The van der Waals surface area contributed by atoms with Crippen LogP contribution < -0.4 is 5.32 Å². The summed E-state index contributed by atoms with van der Waals surface area (Å²) in [4.78, 5) is 25.0. The highest BCUT2D eigenvalue weighted by Crippen LogP contribution is 2.29. The van der Waals surface area contributed by atoms with Crippen LogP contribution >= 0.6 is 11.8 Å². The van der Waals surface area contributed by atoms with Gasteiger partial charge in [0.1, 0.15) is 0 Å². The van der Waals surface area contributed by atoms with Crippen molar-refractivity contribution >= 4 is 23.8 Å². The predicted octanol–water partition coefficient (Wildman–Crippen LogP) is 2.26. The molecule has 0 spiro atoms. The minimum absolute atomic E-state index is 0.155. The number of hydrogen-bond acceptors (Lipinski definition) is 4. The van der Waals surface area contributed by atoms with Gasteiger partial charge in [0, 0.05) is 24.9 Å². The van der Waals surface area contributed by atoms with Crippen molar-refractivity contribution in [2.24, 2.45) is 5.92 Å². The fraction of sp³-hybridized carbons (Fsp3) is 0.867. The van der Waals surface area contributed by atoms with Gasteiger partial charge >= 0.3 is 6.09 Å². The van der Waals surface area contributed by atoms with Gasteiger partial charge in [-0.15, -0.1) is 11.8 Å². The number of ether oxygens (including phenoxy) is 1. The Bertz CT molecular complexity index is 351. The SMILES string of the molecule is COC(=O)N1CCC(CNC(=O)CSC2CCCC2)CC1. The molecule has 1 saturated carbocycles. The molecule has 0 aromatic heterocycles. The summed E-state index contributed by atoms with van der Waals surface area (Å²) in [6.45, 7) is 2.19. The number of hydrogen-bond donors (Lipinski definition) is 1. The van der Waals surface area contributed by atoms with E-state index in [1.807, 2.05) is 0 Å². The summed E-state index contributed by atoms with van der Waals surface area (Å²) in [6, 6.07) is 0. The average molecular weight is 314 g/mol. The van der Waals surface area contributed by atoms with E-state index in [2.05, 4.69) is 5.32 Å². The zero-order valence-electron chi connectivity index (χ0n) is 12.8. The van der Waals surface area contributed by atoms with Crippen molar-refractivity contribution in [1.82, 2.24) is 10.2 Å². The highest BCUT2D eigenvalue weighted by molar-refractivity contribution is 8.00. The number of methoxy groups -OCH3 is 1. The molecule has 0 atom stereocenters. The Hall–Kier alpha value is -0.910. The summed E-state index contributed by atoms with van der Waals surface area (Å²) in [5.41, 5.74) is 0. The number of amides is 2. The average Bonchev–Trinajstić information content (AvgIpc) is 3.04. The summed E-state index contributed by atoms with van der Waals surface area (Å²) < 4.78 is 4.72. The molecule has 2 aliphatic rings. The molecule has 120 valence electrons. The molecule has 0 radical (unpaired) electrons. The van der Waals surface area contributed by atoms with Crippen LogP contribution in [0.15, 0.2) is 0 Å². The highest BCUT2D eigenvalue weighted by Gasteiger charge is 2.23. The van der Waals surface area contributed by atoms with E-state index in [9.17, 15) is 9.59 Å². The first-order valence-electron chi connectivity index (χ1n) is 7.90. The fourth-order valence-electron chi connectivity index (χ4n) is 3.01. The summed E-state index contributed by atoms with van der Waals surface area (Å²) in [6.07, 6.45) is 6.80. The van der Waals surface area contributed by atoms with Crippen LogP contribution in [0.2, 0.25) is 0 Å². The van der Waals surface area contributed by atoms with Crippen molar-refractivity contribution in [3.63, 3.8) is 0 Å². The van der Waals surface area contributed by atoms with Gasteiger partial charge in [-0.3, -0.25) is 4.79 Å².